The van der Waals surface area contributed by atoms with Crippen molar-refractivity contribution in [2.45, 2.75) is 18.7 Å². The van der Waals surface area contributed by atoms with Gasteiger partial charge in [-0.15, -0.1) is 0 Å². The normalized spacial score (nSPS) is 18.7. The molecule has 1 fully saturated rings. The predicted molar refractivity (Wildman–Crippen MR) is 114 cm³/mol. The van der Waals surface area contributed by atoms with E-state index in [2.05, 4.69) is 15.6 Å². The van der Waals surface area contributed by atoms with Crippen molar-refractivity contribution in [3.63, 3.8) is 0 Å². The lowest BCUT2D eigenvalue weighted by Gasteiger charge is -2.27. The molecule has 7 nitrogen and oxygen atoms in total. The third-order valence-electron chi connectivity index (χ3n) is 5.49. The zero-order valence-electron chi connectivity index (χ0n) is 16.7. The number of benzene rings is 1. The van der Waals surface area contributed by atoms with Crippen LogP contribution in [0.15, 0.2) is 23.1 Å². The third kappa shape index (κ3) is 3.54. The number of carbonyl (C=O) groups excluding carboxylic acids is 2. The number of H-pyrrole nitrogens is 1. The van der Waals surface area contributed by atoms with Gasteiger partial charge >= 0.3 is 0 Å². The first-order valence-electron chi connectivity index (χ1n) is 9.57. The molecule has 3 N–H and O–H groups in total. The number of nitrogens with zero attached hydrogens (tertiary/aromatic N) is 1. The van der Waals surface area contributed by atoms with E-state index in [4.69, 9.17) is 0 Å². The highest BCUT2D eigenvalue weighted by molar-refractivity contribution is 7.84. The van der Waals surface area contributed by atoms with Crippen LogP contribution in [-0.4, -0.2) is 58.3 Å². The first kappa shape index (κ1) is 19.6. The Morgan fingerprint density at radius 3 is 2.62 bits per heavy atom. The summed E-state index contributed by atoms with van der Waals surface area (Å²) in [5.41, 5.74) is 4.95. The Bertz CT molecular complexity index is 1060. The van der Waals surface area contributed by atoms with Crippen molar-refractivity contribution in [3.8, 4) is 0 Å². The van der Waals surface area contributed by atoms with E-state index >= 15 is 0 Å². The molecule has 8 heteroatoms. The SMILES string of the molecule is Cc1[nH]c(/C=C2\C(=O)Nc3ccc(S(C)=O)cc32)c(C)c1C(=O)N1CCNCC1. The average Bonchev–Trinajstić information content (AvgIpc) is 3.17. The summed E-state index contributed by atoms with van der Waals surface area (Å²) in [4.78, 5) is 31.4. The Morgan fingerprint density at radius 1 is 1.21 bits per heavy atom. The van der Waals surface area contributed by atoms with Gasteiger partial charge < -0.3 is 20.5 Å². The monoisotopic (exact) mass is 412 g/mol. The van der Waals surface area contributed by atoms with Crippen molar-refractivity contribution < 1.29 is 13.8 Å². The molecule has 1 aromatic heterocycles. The first-order chi connectivity index (χ1) is 13.9. The van der Waals surface area contributed by atoms with E-state index in [0.29, 0.717) is 34.8 Å². The van der Waals surface area contributed by atoms with Gasteiger partial charge in [0, 0.05) is 70.8 Å². The zero-order valence-corrected chi connectivity index (χ0v) is 17.5. The summed E-state index contributed by atoms with van der Waals surface area (Å²) in [7, 11) is -1.14. The van der Waals surface area contributed by atoms with Crippen molar-refractivity contribution in [2.24, 2.45) is 0 Å². The number of carbonyl (C=O) groups is 2. The summed E-state index contributed by atoms with van der Waals surface area (Å²) < 4.78 is 11.9. The van der Waals surface area contributed by atoms with Crippen LogP contribution in [0.25, 0.3) is 11.6 Å². The van der Waals surface area contributed by atoms with Crippen molar-refractivity contribution in [1.29, 1.82) is 0 Å². The lowest BCUT2D eigenvalue weighted by molar-refractivity contribution is -0.110. The van der Waals surface area contributed by atoms with Gasteiger partial charge in [-0.05, 0) is 43.7 Å². The predicted octanol–water partition coefficient (Wildman–Crippen LogP) is 1.91. The number of hydrogen-bond acceptors (Lipinski definition) is 4. The number of aryl methyl sites for hydroxylation is 1. The first-order valence-corrected chi connectivity index (χ1v) is 11.1. The van der Waals surface area contributed by atoms with E-state index in [0.717, 1.165) is 35.6 Å². The molecule has 1 aromatic carbocycles. The molecule has 0 saturated carbocycles. The van der Waals surface area contributed by atoms with Gasteiger partial charge in [-0.25, -0.2) is 0 Å². The van der Waals surface area contributed by atoms with Crippen LogP contribution in [0.3, 0.4) is 0 Å². The van der Waals surface area contributed by atoms with Gasteiger partial charge in [0.05, 0.1) is 11.1 Å². The molecule has 1 atom stereocenters. The molecule has 0 spiro atoms. The van der Waals surface area contributed by atoms with Crippen LogP contribution in [0.2, 0.25) is 0 Å². The van der Waals surface area contributed by atoms with Gasteiger partial charge in [0.1, 0.15) is 0 Å². The lowest BCUT2D eigenvalue weighted by Crippen LogP contribution is -2.46. The van der Waals surface area contributed by atoms with E-state index in [1.807, 2.05) is 18.7 Å². The second kappa shape index (κ2) is 7.61. The fourth-order valence-corrected chi connectivity index (χ4v) is 4.44. The summed E-state index contributed by atoms with van der Waals surface area (Å²) in [5, 5.41) is 6.10. The molecule has 3 heterocycles. The molecule has 2 amide bonds. The molecule has 29 heavy (non-hydrogen) atoms. The second-order valence-electron chi connectivity index (χ2n) is 7.38. The van der Waals surface area contributed by atoms with Crippen molar-refractivity contribution in [1.82, 2.24) is 15.2 Å². The second-order valence-corrected chi connectivity index (χ2v) is 8.76. The van der Waals surface area contributed by atoms with E-state index in [9.17, 15) is 13.8 Å². The highest BCUT2D eigenvalue weighted by atomic mass is 32.2. The fraction of sp³-hybridized carbons (Fsp3) is 0.333. The molecule has 1 saturated heterocycles. The van der Waals surface area contributed by atoms with Crippen LogP contribution < -0.4 is 10.6 Å². The largest absolute Gasteiger partial charge is 0.358 e. The molecule has 0 bridgehead atoms. The summed E-state index contributed by atoms with van der Waals surface area (Å²) in [5.74, 6) is -0.192. The Hall–Kier alpha value is -2.71. The number of anilines is 1. The number of amides is 2. The van der Waals surface area contributed by atoms with E-state index in [1.165, 1.54) is 0 Å². The highest BCUT2D eigenvalue weighted by Gasteiger charge is 2.27. The Labute approximate surface area is 172 Å². The Balaban J connectivity index is 1.73. The quantitative estimate of drug-likeness (QED) is 0.671. The van der Waals surface area contributed by atoms with E-state index in [-0.39, 0.29) is 11.8 Å². The smallest absolute Gasteiger partial charge is 0.256 e. The highest BCUT2D eigenvalue weighted by Crippen LogP contribution is 2.35. The summed E-state index contributed by atoms with van der Waals surface area (Å²) in [6.45, 7) is 6.74. The topological polar surface area (TPSA) is 94.3 Å². The molecule has 4 rings (SSSR count). The number of aromatic amines is 1. The van der Waals surface area contributed by atoms with Gasteiger partial charge in [-0.2, -0.15) is 0 Å². The van der Waals surface area contributed by atoms with Gasteiger partial charge in [-0.1, -0.05) is 0 Å². The van der Waals surface area contributed by atoms with Crippen LogP contribution >= 0.6 is 0 Å². The summed E-state index contributed by atoms with van der Waals surface area (Å²) in [6.07, 6.45) is 3.39. The van der Waals surface area contributed by atoms with Crippen LogP contribution in [0.5, 0.6) is 0 Å². The van der Waals surface area contributed by atoms with Gasteiger partial charge in [-0.3, -0.25) is 13.8 Å². The minimum Gasteiger partial charge on any atom is -0.358 e. The number of aromatic nitrogens is 1. The van der Waals surface area contributed by atoms with Crippen LogP contribution in [0.1, 0.15) is 32.9 Å². The molecule has 0 aliphatic carbocycles. The molecule has 152 valence electrons. The number of piperazine rings is 1. The van der Waals surface area contributed by atoms with Crippen LogP contribution in [0, 0.1) is 13.8 Å². The fourth-order valence-electron chi connectivity index (χ4n) is 3.90. The molecule has 0 radical (unpaired) electrons. The van der Waals surface area contributed by atoms with Gasteiger partial charge in [0.25, 0.3) is 11.8 Å². The third-order valence-corrected chi connectivity index (χ3v) is 6.41. The number of nitrogens with one attached hydrogen (secondary N) is 3. The number of hydrogen-bond donors (Lipinski definition) is 3. The maximum atomic E-state index is 13.0. The van der Waals surface area contributed by atoms with Crippen LogP contribution in [-0.2, 0) is 15.6 Å². The molecule has 2 aliphatic heterocycles. The number of rotatable bonds is 3. The minimum absolute atomic E-state index is 0.0161. The molecular weight excluding hydrogens is 388 g/mol. The molecule has 2 aliphatic rings. The van der Waals surface area contributed by atoms with Gasteiger partial charge in [0.2, 0.25) is 0 Å². The Kier molecular flexibility index (Phi) is 5.14. The molecule has 2 aromatic rings. The summed E-state index contributed by atoms with van der Waals surface area (Å²) in [6, 6.07) is 5.32. The van der Waals surface area contributed by atoms with Crippen molar-refractivity contribution in [3.05, 3.63) is 46.3 Å². The Morgan fingerprint density at radius 2 is 1.93 bits per heavy atom. The number of fused-ring (bicyclic) bond motifs is 1. The van der Waals surface area contributed by atoms with Crippen LogP contribution in [0.4, 0.5) is 5.69 Å². The van der Waals surface area contributed by atoms with E-state index < -0.39 is 10.8 Å². The lowest BCUT2D eigenvalue weighted by atomic mass is 10.0. The van der Waals surface area contributed by atoms with Gasteiger partial charge in [0.15, 0.2) is 0 Å². The standard InChI is InChI=1S/C21H24N4O3S/c1-12-18(23-13(2)19(12)21(27)25-8-6-22-7-9-25)11-16-15-10-14(29(3)28)4-5-17(15)24-20(16)26/h4-5,10-11,22-23H,6-9H2,1-3H3,(H,24,26)/b16-11-. The molecular formula is C21H24N4O3S. The van der Waals surface area contributed by atoms with Crippen molar-refractivity contribution in [2.75, 3.05) is 37.8 Å². The maximum absolute atomic E-state index is 13.0. The average molecular weight is 413 g/mol. The molecule has 1 unspecified atom stereocenters. The van der Waals surface area contributed by atoms with E-state index in [1.54, 1.807) is 30.5 Å². The zero-order chi connectivity index (χ0) is 20.7. The van der Waals surface area contributed by atoms with Crippen molar-refractivity contribution >= 4 is 40.0 Å². The minimum atomic E-state index is -1.14. The summed E-state index contributed by atoms with van der Waals surface area (Å²) >= 11 is 0. The maximum Gasteiger partial charge on any atom is 0.256 e.